The van der Waals surface area contributed by atoms with Gasteiger partial charge in [0.2, 0.25) is 6.29 Å². The zero-order valence-electron chi connectivity index (χ0n) is 14.4. The highest BCUT2D eigenvalue weighted by atomic mass is 16.7. The van der Waals surface area contributed by atoms with Crippen molar-refractivity contribution >= 4 is 5.97 Å². The van der Waals surface area contributed by atoms with E-state index in [2.05, 4.69) is 0 Å². The fourth-order valence-electron chi connectivity index (χ4n) is 6.88. The van der Waals surface area contributed by atoms with Gasteiger partial charge in [0, 0.05) is 11.8 Å². The van der Waals surface area contributed by atoms with E-state index in [1.807, 2.05) is 19.1 Å². The average Bonchev–Trinajstić information content (AvgIpc) is 3.00. The van der Waals surface area contributed by atoms with Gasteiger partial charge in [-0.05, 0) is 69.6 Å². The van der Waals surface area contributed by atoms with Crippen molar-refractivity contribution in [2.24, 2.45) is 35.5 Å². The summed E-state index contributed by atoms with van der Waals surface area (Å²) < 4.78 is 12.0. The number of hydrogen-bond donors (Lipinski definition) is 1. The van der Waals surface area contributed by atoms with Gasteiger partial charge in [-0.2, -0.15) is 0 Å². The SMILES string of the molecule is CC(OC(=O)C1CC2C=CC1C2O)OC12CC3CC(CC(C3)C1)C2. The number of hydrogen-bond acceptors (Lipinski definition) is 4. The van der Waals surface area contributed by atoms with E-state index in [1.54, 1.807) is 0 Å². The third-order valence-corrected chi connectivity index (χ3v) is 7.39. The van der Waals surface area contributed by atoms with E-state index in [0.717, 1.165) is 37.0 Å². The molecule has 4 heteroatoms. The van der Waals surface area contributed by atoms with Crippen LogP contribution < -0.4 is 0 Å². The molecule has 132 valence electrons. The summed E-state index contributed by atoms with van der Waals surface area (Å²) in [7, 11) is 0. The summed E-state index contributed by atoms with van der Waals surface area (Å²) in [6.45, 7) is 1.87. The van der Waals surface area contributed by atoms with Crippen LogP contribution in [0.3, 0.4) is 0 Å². The lowest BCUT2D eigenvalue weighted by Gasteiger charge is -2.56. The first-order valence-corrected chi connectivity index (χ1v) is 9.76. The summed E-state index contributed by atoms with van der Waals surface area (Å²) in [5.41, 5.74) is -0.0391. The van der Waals surface area contributed by atoms with Crippen LogP contribution in [0, 0.1) is 35.5 Å². The summed E-state index contributed by atoms with van der Waals surface area (Å²) in [5.74, 6) is 2.15. The molecule has 0 aromatic rings. The van der Waals surface area contributed by atoms with E-state index in [1.165, 1.54) is 19.3 Å². The number of esters is 1. The molecule has 1 N–H and O–H groups in total. The molecule has 0 radical (unpaired) electrons. The van der Waals surface area contributed by atoms with Crippen molar-refractivity contribution in [3.63, 3.8) is 0 Å². The predicted molar refractivity (Wildman–Crippen MR) is 87.8 cm³/mol. The Morgan fingerprint density at radius 3 is 2.21 bits per heavy atom. The van der Waals surface area contributed by atoms with Gasteiger partial charge in [0.1, 0.15) is 0 Å². The van der Waals surface area contributed by atoms with Crippen LogP contribution in [0.2, 0.25) is 0 Å². The normalized spacial score (nSPS) is 52.0. The maximum atomic E-state index is 12.5. The number of fused-ring (bicyclic) bond motifs is 2. The second-order valence-electron chi connectivity index (χ2n) is 9.18. The van der Waals surface area contributed by atoms with Gasteiger partial charge in [0.05, 0.1) is 17.6 Å². The fourth-order valence-corrected chi connectivity index (χ4v) is 6.88. The fraction of sp³-hybridized carbons (Fsp3) is 0.850. The van der Waals surface area contributed by atoms with E-state index < -0.39 is 12.4 Å². The minimum Gasteiger partial charge on any atom is -0.436 e. The molecule has 6 aliphatic carbocycles. The maximum absolute atomic E-state index is 12.5. The van der Waals surface area contributed by atoms with Gasteiger partial charge < -0.3 is 14.6 Å². The third kappa shape index (κ3) is 2.37. The van der Waals surface area contributed by atoms with Crippen LogP contribution in [0.5, 0.6) is 0 Å². The second-order valence-corrected chi connectivity index (χ2v) is 9.18. The third-order valence-electron chi connectivity index (χ3n) is 7.39. The largest absolute Gasteiger partial charge is 0.436 e. The molecule has 5 saturated carbocycles. The van der Waals surface area contributed by atoms with Gasteiger partial charge in [-0.15, -0.1) is 0 Å². The van der Waals surface area contributed by atoms with Crippen LogP contribution in [0.1, 0.15) is 51.9 Å². The Morgan fingerprint density at radius 2 is 1.71 bits per heavy atom. The quantitative estimate of drug-likeness (QED) is 0.488. The highest BCUT2D eigenvalue weighted by Gasteiger charge is 2.53. The summed E-state index contributed by atoms with van der Waals surface area (Å²) in [6.07, 6.45) is 11.4. The summed E-state index contributed by atoms with van der Waals surface area (Å²) in [5, 5.41) is 10.1. The van der Waals surface area contributed by atoms with Gasteiger partial charge in [0.25, 0.3) is 0 Å². The number of carbonyl (C=O) groups excluding carboxylic acids is 1. The van der Waals surface area contributed by atoms with Crippen molar-refractivity contribution in [1.82, 2.24) is 0 Å². The highest BCUT2D eigenvalue weighted by molar-refractivity contribution is 5.74. The number of aliphatic hydroxyl groups excluding tert-OH is 1. The van der Waals surface area contributed by atoms with Gasteiger partial charge >= 0.3 is 5.97 Å². The van der Waals surface area contributed by atoms with E-state index >= 15 is 0 Å². The minimum absolute atomic E-state index is 0.0391. The molecule has 5 fully saturated rings. The average molecular weight is 332 g/mol. The summed E-state index contributed by atoms with van der Waals surface area (Å²) in [6, 6.07) is 0. The molecule has 4 nitrogen and oxygen atoms in total. The molecule has 0 aromatic heterocycles. The number of carbonyl (C=O) groups is 1. The lowest BCUT2D eigenvalue weighted by atomic mass is 9.54. The van der Waals surface area contributed by atoms with Crippen LogP contribution in [-0.4, -0.2) is 29.1 Å². The second kappa shape index (κ2) is 5.31. The molecule has 0 saturated heterocycles. The van der Waals surface area contributed by atoms with E-state index in [9.17, 15) is 9.90 Å². The topological polar surface area (TPSA) is 55.8 Å². The Bertz CT molecular complexity index is 533. The van der Waals surface area contributed by atoms with Gasteiger partial charge in [0.15, 0.2) is 0 Å². The van der Waals surface area contributed by atoms with Gasteiger partial charge in [-0.1, -0.05) is 12.2 Å². The van der Waals surface area contributed by atoms with Crippen molar-refractivity contribution in [1.29, 1.82) is 0 Å². The monoisotopic (exact) mass is 332 g/mol. The predicted octanol–water partition coefficient (Wildman–Crippen LogP) is 3.04. The Hall–Kier alpha value is -0.870. The molecule has 0 heterocycles. The Morgan fingerprint density at radius 1 is 1.08 bits per heavy atom. The molecule has 5 unspecified atom stereocenters. The first kappa shape index (κ1) is 15.4. The molecule has 5 atom stereocenters. The number of aliphatic hydroxyl groups is 1. The minimum atomic E-state index is -0.478. The van der Waals surface area contributed by atoms with E-state index in [4.69, 9.17) is 9.47 Å². The van der Waals surface area contributed by atoms with Crippen molar-refractivity contribution in [2.75, 3.05) is 0 Å². The van der Waals surface area contributed by atoms with Crippen molar-refractivity contribution in [3.05, 3.63) is 12.2 Å². The molecule has 6 rings (SSSR count). The Kier molecular flexibility index (Phi) is 3.41. The van der Waals surface area contributed by atoms with Gasteiger partial charge in [-0.3, -0.25) is 4.79 Å². The maximum Gasteiger partial charge on any atom is 0.311 e. The molecular formula is C20H28O4. The smallest absolute Gasteiger partial charge is 0.311 e. The summed E-state index contributed by atoms with van der Waals surface area (Å²) >= 11 is 0. The first-order valence-electron chi connectivity index (χ1n) is 9.76. The molecule has 0 amide bonds. The first-order chi connectivity index (χ1) is 11.5. The zero-order chi connectivity index (χ0) is 16.5. The molecule has 0 aliphatic heterocycles. The Labute approximate surface area is 143 Å². The number of ether oxygens (including phenoxy) is 2. The molecule has 0 spiro atoms. The van der Waals surface area contributed by atoms with Crippen LogP contribution in [0.25, 0.3) is 0 Å². The number of rotatable bonds is 4. The van der Waals surface area contributed by atoms with E-state index in [0.29, 0.717) is 6.42 Å². The van der Waals surface area contributed by atoms with Crippen LogP contribution in [0.15, 0.2) is 12.2 Å². The standard InChI is InChI=1S/C20H28O4/c1-11(23-19(22)17-7-15-2-3-16(17)18(15)21)24-20-8-12-4-13(9-20)6-14(5-12)10-20/h2-3,11-18,21H,4-10H2,1H3. The summed E-state index contributed by atoms with van der Waals surface area (Å²) in [4.78, 5) is 12.5. The molecule has 6 aliphatic rings. The van der Waals surface area contributed by atoms with Crippen molar-refractivity contribution in [2.45, 2.75) is 69.9 Å². The lowest BCUT2D eigenvalue weighted by Crippen LogP contribution is -2.53. The molecule has 24 heavy (non-hydrogen) atoms. The molecule has 0 aromatic carbocycles. The zero-order valence-corrected chi connectivity index (χ0v) is 14.4. The van der Waals surface area contributed by atoms with Crippen LogP contribution >= 0.6 is 0 Å². The van der Waals surface area contributed by atoms with Crippen LogP contribution in [0.4, 0.5) is 0 Å². The van der Waals surface area contributed by atoms with Crippen LogP contribution in [-0.2, 0) is 14.3 Å². The Balaban J connectivity index is 1.21. The van der Waals surface area contributed by atoms with Crippen molar-refractivity contribution in [3.8, 4) is 0 Å². The van der Waals surface area contributed by atoms with Gasteiger partial charge in [-0.25, -0.2) is 0 Å². The molecular weight excluding hydrogens is 304 g/mol. The lowest BCUT2D eigenvalue weighted by molar-refractivity contribution is -0.247. The van der Waals surface area contributed by atoms with Crippen molar-refractivity contribution < 1.29 is 19.4 Å². The van der Waals surface area contributed by atoms with E-state index in [-0.39, 0.29) is 29.3 Å². The highest BCUT2D eigenvalue weighted by Crippen LogP contribution is 2.57. The molecule has 6 bridgehead atoms.